The van der Waals surface area contributed by atoms with Gasteiger partial charge in [-0.2, -0.15) is 0 Å². The van der Waals surface area contributed by atoms with Crippen LogP contribution in [0.15, 0.2) is 29.8 Å². The van der Waals surface area contributed by atoms with Crippen LogP contribution < -0.4 is 5.73 Å². The smallest absolute Gasteiger partial charge is 0.300 e. The SMILES string of the molecule is CC(c1cccs1)N(C)C(=O)c1cc(N)ncc1[N+](=O)[O-]. The molecule has 0 saturated heterocycles. The highest BCUT2D eigenvalue weighted by Gasteiger charge is 2.27. The number of hydrogen-bond acceptors (Lipinski definition) is 6. The Morgan fingerprint density at radius 1 is 1.57 bits per heavy atom. The van der Waals surface area contributed by atoms with Gasteiger partial charge in [0.1, 0.15) is 17.6 Å². The lowest BCUT2D eigenvalue weighted by molar-refractivity contribution is -0.385. The summed E-state index contributed by atoms with van der Waals surface area (Å²) in [4.78, 5) is 29.0. The average molecular weight is 306 g/mol. The maximum Gasteiger partial charge on any atom is 0.300 e. The first kappa shape index (κ1) is 14.9. The summed E-state index contributed by atoms with van der Waals surface area (Å²) in [5.74, 6) is -0.391. The standard InChI is InChI=1S/C13H14N4O3S/c1-8(11-4-3-5-21-11)16(2)13(18)9-6-12(14)15-7-10(9)17(19)20/h3-8H,1-2H3,(H2,14,15). The van der Waals surface area contributed by atoms with Crippen molar-refractivity contribution >= 4 is 28.7 Å². The van der Waals surface area contributed by atoms with Gasteiger partial charge >= 0.3 is 0 Å². The molecule has 21 heavy (non-hydrogen) atoms. The number of carbonyl (C=O) groups excluding carboxylic acids is 1. The summed E-state index contributed by atoms with van der Waals surface area (Å²) in [5.41, 5.74) is 5.13. The van der Waals surface area contributed by atoms with E-state index >= 15 is 0 Å². The zero-order valence-corrected chi connectivity index (χ0v) is 12.3. The number of thiophene rings is 1. The molecule has 1 atom stereocenters. The lowest BCUT2D eigenvalue weighted by atomic mass is 10.1. The summed E-state index contributed by atoms with van der Waals surface area (Å²) in [5, 5.41) is 12.9. The van der Waals surface area contributed by atoms with Gasteiger partial charge in [0.25, 0.3) is 11.6 Å². The quantitative estimate of drug-likeness (QED) is 0.690. The summed E-state index contributed by atoms with van der Waals surface area (Å²) >= 11 is 1.52. The second-order valence-electron chi connectivity index (χ2n) is 4.49. The van der Waals surface area contributed by atoms with E-state index in [1.807, 2.05) is 24.4 Å². The fourth-order valence-corrected chi connectivity index (χ4v) is 2.69. The molecule has 0 spiro atoms. The van der Waals surface area contributed by atoms with Crippen molar-refractivity contribution in [2.45, 2.75) is 13.0 Å². The largest absolute Gasteiger partial charge is 0.384 e. The first-order valence-corrected chi connectivity index (χ1v) is 7.00. The van der Waals surface area contributed by atoms with Gasteiger partial charge in [-0.3, -0.25) is 14.9 Å². The molecule has 1 amide bonds. The number of rotatable bonds is 4. The Kier molecular flexibility index (Phi) is 4.18. The lowest BCUT2D eigenvalue weighted by Crippen LogP contribution is -2.30. The molecule has 110 valence electrons. The van der Waals surface area contributed by atoms with Crippen LogP contribution in [0.3, 0.4) is 0 Å². The molecule has 2 aromatic heterocycles. The van der Waals surface area contributed by atoms with Gasteiger partial charge in [-0.25, -0.2) is 4.98 Å². The molecule has 0 aliphatic heterocycles. The minimum atomic E-state index is -0.636. The Bertz CT molecular complexity index is 672. The molecule has 2 aromatic rings. The number of nitrogens with two attached hydrogens (primary N) is 1. The van der Waals surface area contributed by atoms with Gasteiger partial charge in [-0.1, -0.05) is 6.07 Å². The number of pyridine rings is 1. The highest BCUT2D eigenvalue weighted by Crippen LogP contribution is 2.27. The van der Waals surface area contributed by atoms with Crippen molar-refractivity contribution in [2.75, 3.05) is 12.8 Å². The first-order chi connectivity index (χ1) is 9.91. The van der Waals surface area contributed by atoms with Gasteiger partial charge in [0.05, 0.1) is 11.0 Å². The maximum atomic E-state index is 12.5. The third-order valence-electron chi connectivity index (χ3n) is 3.19. The molecule has 0 aromatic carbocycles. The predicted molar refractivity (Wildman–Crippen MR) is 80.1 cm³/mol. The predicted octanol–water partition coefficient (Wildman–Crippen LogP) is 2.47. The van der Waals surface area contributed by atoms with Gasteiger partial charge in [-0.05, 0) is 24.4 Å². The van der Waals surface area contributed by atoms with E-state index in [4.69, 9.17) is 5.73 Å². The fourth-order valence-electron chi connectivity index (χ4n) is 1.87. The molecule has 1 unspecified atom stereocenters. The number of nitro groups is 1. The Balaban J connectivity index is 2.35. The molecular formula is C13H14N4O3S. The Hall–Kier alpha value is -2.48. The zero-order chi connectivity index (χ0) is 15.6. The van der Waals surface area contributed by atoms with Crippen LogP contribution in [0.4, 0.5) is 11.5 Å². The van der Waals surface area contributed by atoms with Crippen LogP contribution in [0.5, 0.6) is 0 Å². The van der Waals surface area contributed by atoms with Gasteiger partial charge in [0, 0.05) is 11.9 Å². The van der Waals surface area contributed by atoms with Crippen LogP contribution in [0.1, 0.15) is 28.2 Å². The third-order valence-corrected chi connectivity index (χ3v) is 4.23. The fraction of sp³-hybridized carbons (Fsp3) is 0.231. The van der Waals surface area contributed by atoms with Crippen LogP contribution in [0, 0.1) is 10.1 Å². The lowest BCUT2D eigenvalue weighted by Gasteiger charge is -2.24. The monoisotopic (exact) mass is 306 g/mol. The molecule has 0 aliphatic rings. The molecule has 0 radical (unpaired) electrons. The van der Waals surface area contributed by atoms with E-state index in [-0.39, 0.29) is 23.1 Å². The molecule has 2 rings (SSSR count). The van der Waals surface area contributed by atoms with E-state index in [2.05, 4.69) is 4.98 Å². The Labute approximate surface area is 125 Å². The van der Waals surface area contributed by atoms with Gasteiger partial charge < -0.3 is 10.6 Å². The van der Waals surface area contributed by atoms with Crippen LogP contribution >= 0.6 is 11.3 Å². The van der Waals surface area contributed by atoms with Crippen LogP contribution in [-0.2, 0) is 0 Å². The number of hydrogen-bond donors (Lipinski definition) is 1. The molecule has 2 heterocycles. The van der Waals surface area contributed by atoms with Gasteiger partial charge in [0.2, 0.25) is 0 Å². The summed E-state index contributed by atoms with van der Waals surface area (Å²) < 4.78 is 0. The summed E-state index contributed by atoms with van der Waals surface area (Å²) in [7, 11) is 1.60. The van der Waals surface area contributed by atoms with E-state index in [0.29, 0.717) is 0 Å². The number of amides is 1. The van der Waals surface area contributed by atoms with E-state index in [9.17, 15) is 14.9 Å². The Morgan fingerprint density at radius 3 is 2.86 bits per heavy atom. The second kappa shape index (κ2) is 5.88. The van der Waals surface area contributed by atoms with Crippen molar-refractivity contribution < 1.29 is 9.72 Å². The Morgan fingerprint density at radius 2 is 2.29 bits per heavy atom. The molecule has 2 N–H and O–H groups in total. The van der Waals surface area contributed by atoms with E-state index in [0.717, 1.165) is 11.1 Å². The summed E-state index contributed by atoms with van der Waals surface area (Å²) in [6, 6.07) is 4.85. The van der Waals surface area contributed by atoms with Crippen molar-refractivity contribution in [3.05, 3.63) is 50.3 Å². The van der Waals surface area contributed by atoms with Crippen LogP contribution in [-0.4, -0.2) is 27.8 Å². The number of nitrogen functional groups attached to an aromatic ring is 1. The van der Waals surface area contributed by atoms with Gasteiger partial charge in [0.15, 0.2) is 0 Å². The normalized spacial score (nSPS) is 11.9. The number of aromatic nitrogens is 1. The third kappa shape index (κ3) is 3.00. The van der Waals surface area contributed by atoms with Crippen molar-refractivity contribution in [3.63, 3.8) is 0 Å². The molecule has 0 saturated carbocycles. The van der Waals surface area contributed by atoms with Crippen molar-refractivity contribution in [2.24, 2.45) is 0 Å². The average Bonchev–Trinajstić information content (AvgIpc) is 2.98. The highest BCUT2D eigenvalue weighted by molar-refractivity contribution is 7.10. The molecule has 7 nitrogen and oxygen atoms in total. The van der Waals surface area contributed by atoms with Crippen LogP contribution in [0.2, 0.25) is 0 Å². The number of anilines is 1. The molecule has 0 fully saturated rings. The topological polar surface area (TPSA) is 102 Å². The van der Waals surface area contributed by atoms with Crippen LogP contribution in [0.25, 0.3) is 0 Å². The van der Waals surface area contributed by atoms with E-state index in [1.165, 1.54) is 22.3 Å². The minimum Gasteiger partial charge on any atom is -0.384 e. The molecular weight excluding hydrogens is 292 g/mol. The number of nitrogens with zero attached hydrogens (tertiary/aromatic N) is 3. The van der Waals surface area contributed by atoms with Crippen molar-refractivity contribution in [1.29, 1.82) is 0 Å². The van der Waals surface area contributed by atoms with Crippen molar-refractivity contribution in [1.82, 2.24) is 9.88 Å². The van der Waals surface area contributed by atoms with Crippen molar-refractivity contribution in [3.8, 4) is 0 Å². The summed E-state index contributed by atoms with van der Waals surface area (Å²) in [6.07, 6.45) is 1.01. The van der Waals surface area contributed by atoms with Gasteiger partial charge in [-0.15, -0.1) is 11.3 Å². The van der Waals surface area contributed by atoms with E-state index < -0.39 is 10.8 Å². The highest BCUT2D eigenvalue weighted by atomic mass is 32.1. The zero-order valence-electron chi connectivity index (χ0n) is 11.5. The second-order valence-corrected chi connectivity index (χ2v) is 5.47. The summed E-state index contributed by atoms with van der Waals surface area (Å²) in [6.45, 7) is 1.86. The maximum absolute atomic E-state index is 12.5. The van der Waals surface area contributed by atoms with E-state index in [1.54, 1.807) is 7.05 Å². The minimum absolute atomic E-state index is 0.0570. The molecule has 0 aliphatic carbocycles. The molecule has 8 heteroatoms. The first-order valence-electron chi connectivity index (χ1n) is 6.12. The number of carbonyl (C=O) groups is 1. The molecule has 0 bridgehead atoms.